The second-order valence-corrected chi connectivity index (χ2v) is 5.24. The molecule has 0 unspecified atom stereocenters. The molecule has 0 radical (unpaired) electrons. The number of aryl methyl sites for hydroxylation is 3. The number of hydrogen-bond acceptors (Lipinski definition) is 5. The van der Waals surface area contributed by atoms with Crippen LogP contribution in [0.1, 0.15) is 22.7 Å². The predicted octanol–water partition coefficient (Wildman–Crippen LogP) is 3.74. The topological polar surface area (TPSA) is 57.4 Å². The largest absolute Gasteiger partial charge is 0.497 e. The Hall–Kier alpha value is -2.56. The van der Waals surface area contributed by atoms with Crippen molar-refractivity contribution in [3.05, 3.63) is 47.0 Å². The van der Waals surface area contributed by atoms with Gasteiger partial charge in [0.15, 0.2) is 0 Å². The van der Waals surface area contributed by atoms with Gasteiger partial charge in [-0.15, -0.1) is 0 Å². The average Bonchev–Trinajstić information content (AvgIpc) is 2.83. The number of fused-ring (bicyclic) bond motifs is 1. The van der Waals surface area contributed by atoms with E-state index in [0.29, 0.717) is 6.61 Å². The summed E-state index contributed by atoms with van der Waals surface area (Å²) in [4.78, 5) is 4.53. The standard InChI is InChI=1S/C17H18N2O3/c1-10-7-17(21-9-15-11(2)19-22-12(15)3)14-8-13(20-4)5-6-16(14)18-10/h5-8H,9H2,1-4H3. The zero-order valence-corrected chi connectivity index (χ0v) is 13.1. The van der Waals surface area contributed by atoms with Crippen molar-refractivity contribution in [1.29, 1.82) is 0 Å². The van der Waals surface area contributed by atoms with E-state index in [9.17, 15) is 0 Å². The maximum Gasteiger partial charge on any atom is 0.140 e. The van der Waals surface area contributed by atoms with Gasteiger partial charge >= 0.3 is 0 Å². The Morgan fingerprint density at radius 3 is 2.64 bits per heavy atom. The lowest BCUT2D eigenvalue weighted by Gasteiger charge is -2.11. The van der Waals surface area contributed by atoms with Crippen LogP contribution in [-0.4, -0.2) is 17.3 Å². The Balaban J connectivity index is 1.98. The second-order valence-electron chi connectivity index (χ2n) is 5.24. The maximum atomic E-state index is 6.01. The average molecular weight is 298 g/mol. The van der Waals surface area contributed by atoms with E-state index in [4.69, 9.17) is 14.0 Å². The minimum absolute atomic E-state index is 0.414. The van der Waals surface area contributed by atoms with E-state index in [1.165, 1.54) is 0 Å². The number of pyridine rings is 1. The highest BCUT2D eigenvalue weighted by molar-refractivity contribution is 5.86. The molecule has 0 spiro atoms. The van der Waals surface area contributed by atoms with E-state index >= 15 is 0 Å². The van der Waals surface area contributed by atoms with Gasteiger partial charge in [-0.2, -0.15) is 0 Å². The third-order valence-corrected chi connectivity index (χ3v) is 3.66. The minimum atomic E-state index is 0.414. The first-order valence-electron chi connectivity index (χ1n) is 7.08. The lowest BCUT2D eigenvalue weighted by Crippen LogP contribution is -2.00. The summed E-state index contributed by atoms with van der Waals surface area (Å²) in [5, 5.41) is 4.88. The SMILES string of the molecule is COc1ccc2nc(C)cc(OCc3c(C)noc3C)c2c1. The summed E-state index contributed by atoms with van der Waals surface area (Å²) in [7, 11) is 1.65. The molecule has 5 nitrogen and oxygen atoms in total. The first-order valence-corrected chi connectivity index (χ1v) is 7.08. The van der Waals surface area contributed by atoms with E-state index in [2.05, 4.69) is 10.1 Å². The van der Waals surface area contributed by atoms with Gasteiger partial charge in [0.05, 0.1) is 23.9 Å². The monoisotopic (exact) mass is 298 g/mol. The Kier molecular flexibility index (Phi) is 3.71. The van der Waals surface area contributed by atoms with Gasteiger partial charge in [-0.1, -0.05) is 5.16 Å². The molecule has 0 amide bonds. The van der Waals surface area contributed by atoms with Gasteiger partial charge in [-0.05, 0) is 39.0 Å². The molecule has 0 saturated carbocycles. The summed E-state index contributed by atoms with van der Waals surface area (Å²) in [6.07, 6.45) is 0. The van der Waals surface area contributed by atoms with Gasteiger partial charge < -0.3 is 14.0 Å². The fourth-order valence-electron chi connectivity index (χ4n) is 2.40. The molecule has 2 aromatic heterocycles. The number of aromatic nitrogens is 2. The summed E-state index contributed by atoms with van der Waals surface area (Å²) in [5.41, 5.74) is 3.62. The quantitative estimate of drug-likeness (QED) is 0.734. The van der Waals surface area contributed by atoms with Crippen LogP contribution in [0.2, 0.25) is 0 Å². The first kappa shape index (κ1) is 14.4. The zero-order chi connectivity index (χ0) is 15.7. The summed E-state index contributed by atoms with van der Waals surface area (Å²) in [6, 6.07) is 7.70. The molecule has 0 aliphatic heterocycles. The Bertz CT molecular complexity index is 805. The Morgan fingerprint density at radius 1 is 1.14 bits per heavy atom. The van der Waals surface area contributed by atoms with Crippen molar-refractivity contribution in [1.82, 2.24) is 10.1 Å². The number of benzene rings is 1. The van der Waals surface area contributed by atoms with Crippen molar-refractivity contribution in [3.63, 3.8) is 0 Å². The molecule has 1 aromatic carbocycles. The molecule has 0 atom stereocenters. The first-order chi connectivity index (χ1) is 10.6. The van der Waals surface area contributed by atoms with Crippen molar-refractivity contribution < 1.29 is 14.0 Å². The third-order valence-electron chi connectivity index (χ3n) is 3.66. The van der Waals surface area contributed by atoms with Crippen LogP contribution in [-0.2, 0) is 6.61 Å². The smallest absolute Gasteiger partial charge is 0.140 e. The molecule has 22 heavy (non-hydrogen) atoms. The maximum absolute atomic E-state index is 6.01. The molecular weight excluding hydrogens is 280 g/mol. The fourth-order valence-corrected chi connectivity index (χ4v) is 2.40. The molecule has 0 fully saturated rings. The molecule has 0 aliphatic rings. The minimum Gasteiger partial charge on any atom is -0.497 e. The molecule has 3 rings (SSSR count). The van der Waals surface area contributed by atoms with E-state index in [0.717, 1.165) is 45.1 Å². The second kappa shape index (κ2) is 5.67. The van der Waals surface area contributed by atoms with Crippen molar-refractivity contribution in [3.8, 4) is 11.5 Å². The highest BCUT2D eigenvalue weighted by Gasteiger charge is 2.12. The Labute approximate surface area is 128 Å². The van der Waals surface area contributed by atoms with Crippen molar-refractivity contribution in [2.45, 2.75) is 27.4 Å². The normalized spacial score (nSPS) is 10.9. The van der Waals surface area contributed by atoms with Crippen LogP contribution in [0.15, 0.2) is 28.8 Å². The lowest BCUT2D eigenvalue weighted by atomic mass is 10.1. The fraction of sp³-hybridized carbons (Fsp3) is 0.294. The molecule has 0 aliphatic carbocycles. The van der Waals surface area contributed by atoms with Gasteiger partial charge in [-0.3, -0.25) is 4.98 Å². The van der Waals surface area contributed by atoms with Crippen LogP contribution in [0.4, 0.5) is 0 Å². The van der Waals surface area contributed by atoms with Crippen LogP contribution >= 0.6 is 0 Å². The molecule has 0 bridgehead atoms. The number of methoxy groups -OCH3 is 1. The molecule has 0 N–H and O–H groups in total. The number of hydrogen-bond donors (Lipinski definition) is 0. The van der Waals surface area contributed by atoms with E-state index in [-0.39, 0.29) is 0 Å². The van der Waals surface area contributed by atoms with Crippen LogP contribution in [0.25, 0.3) is 10.9 Å². The van der Waals surface area contributed by atoms with Crippen molar-refractivity contribution in [2.75, 3.05) is 7.11 Å². The molecular formula is C17H18N2O3. The van der Waals surface area contributed by atoms with Gasteiger partial charge in [-0.25, -0.2) is 0 Å². The van der Waals surface area contributed by atoms with Crippen LogP contribution in [0, 0.1) is 20.8 Å². The van der Waals surface area contributed by atoms with Gasteiger partial charge in [0.1, 0.15) is 23.9 Å². The van der Waals surface area contributed by atoms with E-state index in [1.807, 2.05) is 45.0 Å². The van der Waals surface area contributed by atoms with Crippen LogP contribution in [0.3, 0.4) is 0 Å². The number of rotatable bonds is 4. The summed E-state index contributed by atoms with van der Waals surface area (Å²) in [5.74, 6) is 2.34. The van der Waals surface area contributed by atoms with Crippen molar-refractivity contribution >= 4 is 10.9 Å². The van der Waals surface area contributed by atoms with E-state index < -0.39 is 0 Å². The Morgan fingerprint density at radius 2 is 1.95 bits per heavy atom. The molecule has 5 heteroatoms. The van der Waals surface area contributed by atoms with Gasteiger partial charge in [0, 0.05) is 17.1 Å². The lowest BCUT2D eigenvalue weighted by molar-refractivity contribution is 0.305. The summed E-state index contributed by atoms with van der Waals surface area (Å²) >= 11 is 0. The number of nitrogens with zero attached hydrogens (tertiary/aromatic N) is 2. The zero-order valence-electron chi connectivity index (χ0n) is 13.1. The van der Waals surface area contributed by atoms with Crippen LogP contribution < -0.4 is 9.47 Å². The summed E-state index contributed by atoms with van der Waals surface area (Å²) in [6.45, 7) is 6.16. The van der Waals surface area contributed by atoms with E-state index in [1.54, 1.807) is 7.11 Å². The third kappa shape index (κ3) is 2.62. The molecule has 3 aromatic rings. The van der Waals surface area contributed by atoms with Crippen LogP contribution in [0.5, 0.6) is 11.5 Å². The highest BCUT2D eigenvalue weighted by atomic mass is 16.5. The molecule has 114 valence electrons. The molecule has 0 saturated heterocycles. The summed E-state index contributed by atoms with van der Waals surface area (Å²) < 4.78 is 16.5. The molecule has 2 heterocycles. The van der Waals surface area contributed by atoms with Gasteiger partial charge in [0.25, 0.3) is 0 Å². The van der Waals surface area contributed by atoms with Crippen molar-refractivity contribution in [2.24, 2.45) is 0 Å². The highest BCUT2D eigenvalue weighted by Crippen LogP contribution is 2.30. The van der Waals surface area contributed by atoms with Gasteiger partial charge in [0.2, 0.25) is 0 Å². The number of ether oxygens (including phenoxy) is 2. The predicted molar refractivity (Wildman–Crippen MR) is 83.3 cm³/mol.